The quantitative estimate of drug-likeness (QED) is 0.508. The summed E-state index contributed by atoms with van der Waals surface area (Å²) in [5, 5.41) is 0. The summed E-state index contributed by atoms with van der Waals surface area (Å²) in [5.41, 5.74) is 1.30. The Morgan fingerprint density at radius 3 is 2.00 bits per heavy atom. The highest BCUT2D eigenvalue weighted by molar-refractivity contribution is 6.06. The van der Waals surface area contributed by atoms with Crippen molar-refractivity contribution in [2.24, 2.45) is 29.6 Å². The van der Waals surface area contributed by atoms with Gasteiger partial charge in [0.2, 0.25) is 11.8 Å². The molecule has 4 atom stereocenters. The molecule has 2 bridgehead atoms. The number of amides is 2. The van der Waals surface area contributed by atoms with Crippen LogP contribution in [0.2, 0.25) is 0 Å². The lowest BCUT2D eigenvalue weighted by atomic mass is 9.85. The van der Waals surface area contributed by atoms with E-state index in [0.29, 0.717) is 5.92 Å². The normalized spacial score (nSPS) is 41.2. The Morgan fingerprint density at radius 1 is 1.12 bits per heavy atom. The van der Waals surface area contributed by atoms with Crippen LogP contribution in [0.4, 0.5) is 0 Å². The molecule has 2 unspecified atom stereocenters. The lowest BCUT2D eigenvalue weighted by Gasteiger charge is -2.14. The van der Waals surface area contributed by atoms with Gasteiger partial charge in [0, 0.05) is 18.9 Å². The molecule has 0 aromatic heterocycles. The maximum absolute atomic E-state index is 12.1. The molecule has 3 heteroatoms. The third-order valence-corrected chi connectivity index (χ3v) is 4.21. The van der Waals surface area contributed by atoms with Crippen LogP contribution in [0.3, 0.4) is 0 Å². The van der Waals surface area contributed by atoms with Crippen LogP contribution in [0, 0.1) is 29.6 Å². The predicted octanol–water partition coefficient (Wildman–Crippen LogP) is 1.62. The minimum absolute atomic E-state index is 0.00602. The first kappa shape index (κ1) is 10.8. The van der Waals surface area contributed by atoms with Crippen molar-refractivity contribution in [1.82, 2.24) is 4.90 Å². The van der Waals surface area contributed by atoms with Crippen LogP contribution in [-0.4, -0.2) is 23.8 Å². The summed E-state index contributed by atoms with van der Waals surface area (Å²) in [6.07, 6.45) is 6.46. The summed E-state index contributed by atoms with van der Waals surface area (Å²) in [6, 6.07) is 0. The van der Waals surface area contributed by atoms with E-state index >= 15 is 0 Å². The topological polar surface area (TPSA) is 37.4 Å². The summed E-state index contributed by atoms with van der Waals surface area (Å²) in [6.45, 7) is 4.27. The van der Waals surface area contributed by atoms with Crippen molar-refractivity contribution < 1.29 is 9.59 Å². The number of hydrogen-bond acceptors (Lipinski definition) is 2. The van der Waals surface area contributed by atoms with E-state index < -0.39 is 0 Å². The van der Waals surface area contributed by atoms with Crippen LogP contribution in [0.25, 0.3) is 0 Å². The number of hydrogen-bond donors (Lipinski definition) is 0. The number of carbonyl (C=O) groups is 2. The molecule has 1 saturated heterocycles. The lowest BCUT2D eigenvalue weighted by molar-refractivity contribution is -0.138. The van der Waals surface area contributed by atoms with Gasteiger partial charge in [-0.15, -0.1) is 0 Å². The molecule has 0 radical (unpaired) electrons. The Bertz CT molecular complexity index is 427. The van der Waals surface area contributed by atoms with E-state index in [0.717, 1.165) is 0 Å². The Balaban J connectivity index is 2.03. The average Bonchev–Trinajstić information content (AvgIpc) is 2.86. The molecule has 1 saturated carbocycles. The Hall–Kier alpha value is -1.38. The van der Waals surface area contributed by atoms with E-state index in [4.69, 9.17) is 0 Å². The fourth-order valence-electron chi connectivity index (χ4n) is 3.56. The molecule has 2 aliphatic carbocycles. The van der Waals surface area contributed by atoms with Gasteiger partial charge in [-0.2, -0.15) is 0 Å². The van der Waals surface area contributed by atoms with Crippen molar-refractivity contribution >= 4 is 11.8 Å². The van der Waals surface area contributed by atoms with E-state index in [-0.39, 0.29) is 35.5 Å². The van der Waals surface area contributed by atoms with Gasteiger partial charge in [-0.1, -0.05) is 37.6 Å². The van der Waals surface area contributed by atoms with E-state index in [1.165, 1.54) is 10.5 Å². The number of likely N-dealkylation sites (tertiary alicyclic amines) is 1. The SMILES string of the molecule is CC(C)C=C1C2C=CC1[C@@H]1C(=O)N(C)C(=O)[C@H]21. The zero-order valence-electron chi connectivity index (χ0n) is 10.4. The van der Waals surface area contributed by atoms with Gasteiger partial charge < -0.3 is 0 Å². The van der Waals surface area contributed by atoms with Crippen LogP contribution in [0.15, 0.2) is 23.8 Å². The van der Waals surface area contributed by atoms with E-state index in [1.807, 2.05) is 0 Å². The maximum atomic E-state index is 12.1. The molecule has 2 amide bonds. The molecule has 0 aromatic rings. The molecular formula is C14H17NO2. The van der Waals surface area contributed by atoms with Gasteiger partial charge in [0.1, 0.15) is 0 Å². The standard InChI is InChI=1S/C14H17NO2/c1-7(2)6-10-8-4-5-9(10)12-11(8)13(16)15(3)14(12)17/h4-9,11-12H,1-3H3/t8?,9?,11-,12+. The highest BCUT2D eigenvalue weighted by Gasteiger charge is 2.60. The zero-order chi connectivity index (χ0) is 12.3. The van der Waals surface area contributed by atoms with Crippen LogP contribution < -0.4 is 0 Å². The zero-order valence-corrected chi connectivity index (χ0v) is 10.4. The molecule has 90 valence electrons. The molecule has 0 aromatic carbocycles. The summed E-state index contributed by atoms with van der Waals surface area (Å²) in [5.74, 6) is 0.595. The highest BCUT2D eigenvalue weighted by atomic mass is 16.2. The number of carbonyl (C=O) groups excluding carboxylic acids is 2. The van der Waals surface area contributed by atoms with Gasteiger partial charge in [0.25, 0.3) is 0 Å². The van der Waals surface area contributed by atoms with E-state index in [2.05, 4.69) is 32.1 Å². The minimum Gasteiger partial charge on any atom is -0.285 e. The maximum Gasteiger partial charge on any atom is 0.233 e. The van der Waals surface area contributed by atoms with Gasteiger partial charge in [-0.25, -0.2) is 0 Å². The van der Waals surface area contributed by atoms with Gasteiger partial charge in [-0.3, -0.25) is 14.5 Å². The van der Waals surface area contributed by atoms with Gasteiger partial charge in [-0.05, 0) is 5.92 Å². The van der Waals surface area contributed by atoms with E-state index in [1.54, 1.807) is 7.05 Å². The first-order chi connectivity index (χ1) is 8.02. The van der Waals surface area contributed by atoms with Crippen molar-refractivity contribution in [3.63, 3.8) is 0 Å². The fourth-order valence-corrected chi connectivity index (χ4v) is 3.56. The Labute approximate surface area is 101 Å². The first-order valence-electron chi connectivity index (χ1n) is 6.23. The smallest absolute Gasteiger partial charge is 0.233 e. The Kier molecular flexibility index (Phi) is 2.09. The van der Waals surface area contributed by atoms with Crippen molar-refractivity contribution in [3.8, 4) is 0 Å². The molecular weight excluding hydrogens is 214 g/mol. The van der Waals surface area contributed by atoms with Crippen LogP contribution in [0.5, 0.6) is 0 Å². The van der Waals surface area contributed by atoms with Crippen LogP contribution in [-0.2, 0) is 9.59 Å². The summed E-state index contributed by atoms with van der Waals surface area (Å²) in [4.78, 5) is 25.4. The third kappa shape index (κ3) is 1.22. The number of fused-ring (bicyclic) bond motifs is 5. The molecule has 3 nitrogen and oxygen atoms in total. The van der Waals surface area contributed by atoms with Crippen LogP contribution in [0.1, 0.15) is 13.8 Å². The molecule has 3 rings (SSSR count). The number of imide groups is 1. The first-order valence-corrected chi connectivity index (χ1v) is 6.23. The second-order valence-corrected chi connectivity index (χ2v) is 5.63. The average molecular weight is 231 g/mol. The number of rotatable bonds is 1. The second-order valence-electron chi connectivity index (χ2n) is 5.63. The summed E-state index contributed by atoms with van der Waals surface area (Å²) >= 11 is 0. The largest absolute Gasteiger partial charge is 0.285 e. The summed E-state index contributed by atoms with van der Waals surface area (Å²) in [7, 11) is 1.61. The van der Waals surface area contributed by atoms with E-state index in [9.17, 15) is 9.59 Å². The fraction of sp³-hybridized carbons (Fsp3) is 0.571. The molecule has 17 heavy (non-hydrogen) atoms. The molecule has 0 spiro atoms. The van der Waals surface area contributed by atoms with Gasteiger partial charge in [0.05, 0.1) is 11.8 Å². The minimum atomic E-state index is -0.118. The van der Waals surface area contributed by atoms with Crippen molar-refractivity contribution in [1.29, 1.82) is 0 Å². The molecule has 0 N–H and O–H groups in total. The van der Waals surface area contributed by atoms with Crippen molar-refractivity contribution in [2.45, 2.75) is 13.8 Å². The Morgan fingerprint density at radius 2 is 1.59 bits per heavy atom. The number of allylic oxidation sites excluding steroid dienone is 4. The van der Waals surface area contributed by atoms with Gasteiger partial charge in [0.15, 0.2) is 0 Å². The van der Waals surface area contributed by atoms with Crippen LogP contribution >= 0.6 is 0 Å². The molecule has 3 aliphatic rings. The van der Waals surface area contributed by atoms with Crippen molar-refractivity contribution in [3.05, 3.63) is 23.8 Å². The molecule has 1 aliphatic heterocycles. The predicted molar refractivity (Wildman–Crippen MR) is 63.8 cm³/mol. The summed E-state index contributed by atoms with van der Waals surface area (Å²) < 4.78 is 0. The second kappa shape index (κ2) is 3.31. The monoisotopic (exact) mass is 231 g/mol. The highest BCUT2D eigenvalue weighted by Crippen LogP contribution is 2.55. The van der Waals surface area contributed by atoms with Crippen molar-refractivity contribution in [2.75, 3.05) is 7.05 Å². The molecule has 1 heterocycles. The lowest BCUT2D eigenvalue weighted by Crippen LogP contribution is -2.29. The third-order valence-electron chi connectivity index (χ3n) is 4.21. The van der Waals surface area contributed by atoms with Gasteiger partial charge >= 0.3 is 0 Å². The molecule has 2 fully saturated rings. The number of nitrogens with zero attached hydrogens (tertiary/aromatic N) is 1.